The summed E-state index contributed by atoms with van der Waals surface area (Å²) in [5, 5.41) is -0.307. The Labute approximate surface area is 79.6 Å². The Morgan fingerprint density at radius 3 is 2.00 bits per heavy atom. The van der Waals surface area contributed by atoms with Crippen LogP contribution in [0.5, 0.6) is 0 Å². The minimum Gasteiger partial charge on any atom is -0.328 e. The summed E-state index contributed by atoms with van der Waals surface area (Å²) >= 11 is 0. The Bertz CT molecular complexity index is 329. The first kappa shape index (κ1) is 9.90. The predicted octanol–water partition coefficient (Wildman–Crippen LogP) is 2.09. The van der Waals surface area contributed by atoms with Crippen molar-refractivity contribution in [3.63, 3.8) is 0 Å². The van der Waals surface area contributed by atoms with Crippen molar-refractivity contribution in [3.8, 4) is 0 Å². The lowest BCUT2D eigenvalue weighted by atomic mass is 10.3. The highest BCUT2D eigenvalue weighted by molar-refractivity contribution is 7.56. The molecule has 0 N–H and O–H groups in total. The van der Waals surface area contributed by atoms with Crippen molar-refractivity contribution in [2.24, 2.45) is 0 Å². The first-order valence-electron chi connectivity index (χ1n) is 3.89. The molecule has 0 bridgehead atoms. The molecule has 1 aromatic rings. The quantitative estimate of drug-likeness (QED) is 0.677. The van der Waals surface area contributed by atoms with Crippen LogP contribution in [0.3, 0.4) is 0 Å². The van der Waals surface area contributed by atoms with Crippen LogP contribution in [-0.4, -0.2) is 13.2 Å². The molecule has 0 aliphatic carbocycles. The van der Waals surface area contributed by atoms with Gasteiger partial charge < -0.3 is 9.05 Å². The van der Waals surface area contributed by atoms with E-state index in [9.17, 15) is 13.2 Å². The van der Waals surface area contributed by atoms with Crippen LogP contribution < -0.4 is 5.30 Å². The fraction of sp³-hybridized carbons (Fsp3) is 0.250. The van der Waals surface area contributed by atoms with E-state index in [1.807, 2.05) is 0 Å². The first-order chi connectivity index (χ1) is 6.68. The largest absolute Gasteiger partial charge is 0.328 e. The fourth-order valence-electron chi connectivity index (χ4n) is 1.12. The topological polar surface area (TPSA) is 18.5 Å². The number of benzene rings is 1. The average molecular weight is 222 g/mol. The van der Waals surface area contributed by atoms with E-state index in [1.165, 1.54) is 0 Å². The highest BCUT2D eigenvalue weighted by Crippen LogP contribution is 2.42. The van der Waals surface area contributed by atoms with Crippen molar-refractivity contribution in [2.45, 2.75) is 0 Å². The molecule has 6 heteroatoms. The third kappa shape index (κ3) is 1.75. The highest BCUT2D eigenvalue weighted by atomic mass is 31.2. The van der Waals surface area contributed by atoms with Gasteiger partial charge in [-0.3, -0.25) is 0 Å². The van der Waals surface area contributed by atoms with Crippen molar-refractivity contribution in [1.82, 2.24) is 0 Å². The average Bonchev–Trinajstić information content (AvgIpc) is 2.54. The molecule has 0 saturated carbocycles. The van der Waals surface area contributed by atoms with Crippen molar-refractivity contribution < 1.29 is 22.2 Å². The van der Waals surface area contributed by atoms with E-state index in [2.05, 4.69) is 0 Å². The van der Waals surface area contributed by atoms with Gasteiger partial charge in [0.1, 0.15) is 22.8 Å². The van der Waals surface area contributed by atoms with Gasteiger partial charge in [0.05, 0.1) is 13.2 Å². The molecule has 0 amide bonds. The van der Waals surface area contributed by atoms with Crippen LogP contribution in [0.25, 0.3) is 0 Å². The van der Waals surface area contributed by atoms with Gasteiger partial charge in [0.2, 0.25) is 8.38 Å². The number of hydrogen-bond acceptors (Lipinski definition) is 2. The molecule has 0 spiro atoms. The predicted molar refractivity (Wildman–Crippen MR) is 44.8 cm³/mol. The third-order valence-corrected chi connectivity index (χ3v) is 3.29. The van der Waals surface area contributed by atoms with E-state index >= 15 is 0 Å². The van der Waals surface area contributed by atoms with Gasteiger partial charge in [-0.05, 0) is 0 Å². The Morgan fingerprint density at radius 1 is 1.00 bits per heavy atom. The van der Waals surface area contributed by atoms with Gasteiger partial charge in [-0.25, -0.2) is 13.2 Å². The zero-order valence-electron chi connectivity index (χ0n) is 6.97. The number of hydrogen-bond donors (Lipinski definition) is 0. The van der Waals surface area contributed by atoms with Crippen molar-refractivity contribution in [3.05, 3.63) is 29.6 Å². The van der Waals surface area contributed by atoms with E-state index in [4.69, 9.17) is 9.05 Å². The molecule has 1 aliphatic heterocycles. The van der Waals surface area contributed by atoms with Crippen LogP contribution in [0.4, 0.5) is 13.2 Å². The van der Waals surface area contributed by atoms with Crippen molar-refractivity contribution in [2.75, 3.05) is 13.2 Å². The summed E-state index contributed by atoms with van der Waals surface area (Å²) in [6.07, 6.45) is 0. The Hall–Kier alpha value is -0.640. The smallest absolute Gasteiger partial charge is 0.211 e. The van der Waals surface area contributed by atoms with Crippen molar-refractivity contribution >= 4 is 13.7 Å². The SMILES string of the molecule is Fc1cc(F)c(P2OCCO2)c(F)c1. The van der Waals surface area contributed by atoms with Crippen LogP contribution in [0.15, 0.2) is 12.1 Å². The highest BCUT2D eigenvalue weighted by Gasteiger charge is 2.27. The maximum atomic E-state index is 13.1. The lowest BCUT2D eigenvalue weighted by Crippen LogP contribution is -2.12. The molecule has 0 atom stereocenters. The summed E-state index contributed by atoms with van der Waals surface area (Å²) in [4.78, 5) is 0. The van der Waals surface area contributed by atoms with Gasteiger partial charge in [0, 0.05) is 12.1 Å². The second kappa shape index (κ2) is 3.85. The summed E-state index contributed by atoms with van der Waals surface area (Å²) in [6.45, 7) is 0.615. The molecule has 1 saturated heterocycles. The summed E-state index contributed by atoms with van der Waals surface area (Å²) < 4.78 is 48.8. The molecule has 1 fully saturated rings. The summed E-state index contributed by atoms with van der Waals surface area (Å²) in [6, 6.07) is 1.23. The molecule has 2 rings (SSSR count). The Balaban J connectivity index is 2.40. The van der Waals surface area contributed by atoms with E-state index < -0.39 is 25.8 Å². The molecule has 0 radical (unpaired) electrons. The molecule has 1 aliphatic rings. The van der Waals surface area contributed by atoms with Gasteiger partial charge in [-0.1, -0.05) is 0 Å². The van der Waals surface area contributed by atoms with Crippen LogP contribution in [0.2, 0.25) is 0 Å². The van der Waals surface area contributed by atoms with Crippen molar-refractivity contribution in [1.29, 1.82) is 0 Å². The molecule has 1 heterocycles. The monoisotopic (exact) mass is 222 g/mol. The lowest BCUT2D eigenvalue weighted by molar-refractivity contribution is 0.365. The van der Waals surface area contributed by atoms with Crippen LogP contribution in [0.1, 0.15) is 0 Å². The Kier molecular flexibility index (Phi) is 2.72. The first-order valence-corrected chi connectivity index (χ1v) is 5.07. The Morgan fingerprint density at radius 2 is 1.50 bits per heavy atom. The minimum absolute atomic E-state index is 0.307. The molecule has 14 heavy (non-hydrogen) atoms. The van der Waals surface area contributed by atoms with Gasteiger partial charge in [0.15, 0.2) is 0 Å². The van der Waals surface area contributed by atoms with E-state index in [1.54, 1.807) is 0 Å². The van der Waals surface area contributed by atoms with Gasteiger partial charge in [-0.2, -0.15) is 0 Å². The van der Waals surface area contributed by atoms with E-state index in [-0.39, 0.29) is 5.30 Å². The van der Waals surface area contributed by atoms with E-state index in [0.717, 1.165) is 0 Å². The van der Waals surface area contributed by atoms with Gasteiger partial charge >= 0.3 is 0 Å². The molecule has 0 aromatic heterocycles. The van der Waals surface area contributed by atoms with Crippen LogP contribution in [0, 0.1) is 17.5 Å². The number of rotatable bonds is 1. The molecule has 76 valence electrons. The fourth-order valence-corrected chi connectivity index (χ4v) is 2.41. The molecular formula is C8H6F3O2P. The summed E-state index contributed by atoms with van der Waals surface area (Å²) in [7, 11) is -1.71. The van der Waals surface area contributed by atoms with E-state index in [0.29, 0.717) is 25.3 Å². The maximum absolute atomic E-state index is 13.1. The maximum Gasteiger partial charge on any atom is 0.211 e. The zero-order chi connectivity index (χ0) is 10.1. The normalized spacial score (nSPS) is 17.6. The van der Waals surface area contributed by atoms with Gasteiger partial charge in [-0.15, -0.1) is 0 Å². The second-order valence-corrected chi connectivity index (χ2v) is 4.12. The van der Waals surface area contributed by atoms with Crippen LogP contribution in [-0.2, 0) is 9.05 Å². The second-order valence-electron chi connectivity index (χ2n) is 2.64. The third-order valence-electron chi connectivity index (χ3n) is 1.66. The molecule has 2 nitrogen and oxygen atoms in total. The standard InChI is InChI=1S/C8H6F3O2P/c9-5-3-6(10)8(7(11)4-5)14-12-1-2-13-14/h3-4H,1-2H2. The summed E-state index contributed by atoms with van der Waals surface area (Å²) in [5.41, 5.74) is 0. The number of halogens is 3. The van der Waals surface area contributed by atoms with Crippen LogP contribution >= 0.6 is 8.38 Å². The molecule has 0 unspecified atom stereocenters. The minimum atomic E-state index is -1.71. The lowest BCUT2D eigenvalue weighted by Gasteiger charge is -2.09. The summed E-state index contributed by atoms with van der Waals surface area (Å²) in [5.74, 6) is -2.87. The zero-order valence-corrected chi connectivity index (χ0v) is 7.86. The molecular weight excluding hydrogens is 216 g/mol. The molecule has 1 aromatic carbocycles. The van der Waals surface area contributed by atoms with Gasteiger partial charge in [0.25, 0.3) is 0 Å².